The van der Waals surface area contributed by atoms with Crippen molar-refractivity contribution in [3.8, 4) is 0 Å². The number of unbranched alkanes of at least 4 members (excludes halogenated alkanes) is 1. The smallest absolute Gasteiger partial charge is 0.242 e. The number of hydrogen-bond donors (Lipinski definition) is 4. The molecule has 0 aliphatic carbocycles. The van der Waals surface area contributed by atoms with Gasteiger partial charge in [-0.15, -0.1) is 0 Å². The van der Waals surface area contributed by atoms with Gasteiger partial charge in [-0.1, -0.05) is 0 Å². The highest BCUT2D eigenvalue weighted by Crippen LogP contribution is 2.06. The van der Waals surface area contributed by atoms with Gasteiger partial charge in [0.05, 0.1) is 0 Å². The maximum Gasteiger partial charge on any atom is 0.242 e. The fourth-order valence-electron chi connectivity index (χ4n) is 2.42. The summed E-state index contributed by atoms with van der Waals surface area (Å²) in [4.78, 5) is 34.4. The van der Waals surface area contributed by atoms with Crippen LogP contribution in [0.2, 0.25) is 0 Å². The summed E-state index contributed by atoms with van der Waals surface area (Å²) in [6.45, 7) is 3.24. The summed E-state index contributed by atoms with van der Waals surface area (Å²) in [6.07, 6.45) is 4.88. The fourth-order valence-corrected chi connectivity index (χ4v) is 2.42. The van der Waals surface area contributed by atoms with Crippen molar-refractivity contribution in [2.75, 3.05) is 27.2 Å². The van der Waals surface area contributed by atoms with Gasteiger partial charge in [-0.2, -0.15) is 0 Å². The van der Waals surface area contributed by atoms with E-state index in [0.717, 1.165) is 38.8 Å². The van der Waals surface area contributed by atoms with E-state index >= 15 is 0 Å². The first-order valence-electron chi connectivity index (χ1n) is 8.33. The summed E-state index contributed by atoms with van der Waals surface area (Å²) >= 11 is 0. The van der Waals surface area contributed by atoms with Gasteiger partial charge in [-0.05, 0) is 66.2 Å². The molecule has 134 valence electrons. The second-order valence-electron chi connectivity index (χ2n) is 5.79. The van der Waals surface area contributed by atoms with Gasteiger partial charge in [0.15, 0.2) is 0 Å². The quantitative estimate of drug-likeness (QED) is 0.250. The van der Waals surface area contributed by atoms with Crippen LogP contribution in [-0.2, 0) is 14.4 Å². The number of nitrogens with one attached hydrogen (secondary N) is 4. The third-order valence-electron chi connectivity index (χ3n) is 3.61. The van der Waals surface area contributed by atoms with E-state index in [-0.39, 0.29) is 17.7 Å². The molecule has 2 atom stereocenters. The molecule has 2 amide bonds. The van der Waals surface area contributed by atoms with Crippen LogP contribution in [0.4, 0.5) is 0 Å². The zero-order chi connectivity index (χ0) is 17.5. The molecule has 0 aromatic heterocycles. The van der Waals surface area contributed by atoms with Crippen molar-refractivity contribution in [1.29, 1.82) is 0 Å². The largest absolute Gasteiger partial charge is 0.351 e. The van der Waals surface area contributed by atoms with Crippen molar-refractivity contribution in [2.24, 2.45) is 0 Å². The second-order valence-corrected chi connectivity index (χ2v) is 5.79. The Labute approximate surface area is 139 Å². The zero-order valence-electron chi connectivity index (χ0n) is 14.6. The maximum absolute atomic E-state index is 12.3. The molecule has 0 saturated heterocycles. The second kappa shape index (κ2) is 14.1. The first-order valence-corrected chi connectivity index (χ1v) is 8.33. The highest BCUT2D eigenvalue weighted by molar-refractivity contribution is 5.84. The van der Waals surface area contributed by atoms with Crippen molar-refractivity contribution in [3.63, 3.8) is 0 Å². The Morgan fingerprint density at radius 1 is 1.00 bits per heavy atom. The molecule has 0 spiro atoms. The Morgan fingerprint density at radius 2 is 1.65 bits per heavy atom. The number of ketones is 1. The molecule has 0 radical (unpaired) electrons. The Bertz CT molecular complexity index is 350. The van der Waals surface area contributed by atoms with Gasteiger partial charge in [-0.3, -0.25) is 14.4 Å². The molecule has 2 unspecified atom stereocenters. The van der Waals surface area contributed by atoms with Crippen LogP contribution in [0.5, 0.6) is 0 Å². The number of rotatable bonds is 15. The van der Waals surface area contributed by atoms with Crippen LogP contribution in [0.25, 0.3) is 0 Å². The molecule has 0 heterocycles. The molecule has 0 bridgehead atoms. The number of hydrogen-bond acceptors (Lipinski definition) is 5. The Hall–Kier alpha value is -1.47. The van der Waals surface area contributed by atoms with E-state index in [1.807, 2.05) is 14.1 Å². The molecule has 0 aromatic carbocycles. The van der Waals surface area contributed by atoms with Crippen molar-refractivity contribution < 1.29 is 14.4 Å². The lowest BCUT2D eigenvalue weighted by atomic mass is 10.0. The SMILES string of the molecule is CNCCCCC(NC=O)C(=O)NC(CCCNC)CC(C)=O. The fraction of sp³-hybridized carbons (Fsp3) is 0.812. The van der Waals surface area contributed by atoms with Crippen LogP contribution < -0.4 is 21.3 Å². The monoisotopic (exact) mass is 328 g/mol. The van der Waals surface area contributed by atoms with Crippen LogP contribution in [-0.4, -0.2) is 57.4 Å². The van der Waals surface area contributed by atoms with Crippen LogP contribution in [0.3, 0.4) is 0 Å². The summed E-state index contributed by atoms with van der Waals surface area (Å²) in [7, 11) is 3.75. The molecule has 0 aromatic rings. The molecule has 7 nitrogen and oxygen atoms in total. The predicted octanol–water partition coefficient (Wildman–Crippen LogP) is -0.0458. The van der Waals surface area contributed by atoms with Gasteiger partial charge in [0.2, 0.25) is 12.3 Å². The third-order valence-corrected chi connectivity index (χ3v) is 3.61. The van der Waals surface area contributed by atoms with Gasteiger partial charge in [0, 0.05) is 12.5 Å². The van der Waals surface area contributed by atoms with Gasteiger partial charge in [-0.25, -0.2) is 0 Å². The molecule has 0 fully saturated rings. The number of amides is 2. The minimum Gasteiger partial charge on any atom is -0.351 e. The standard InChI is InChI=1S/C16H32N4O3/c1-13(22)11-14(7-6-10-18-3)20-16(23)15(19-12-21)8-4-5-9-17-2/h12,14-15,17-18H,4-11H2,1-3H3,(H,19,21)(H,20,23). The van der Waals surface area contributed by atoms with Crippen LogP contribution in [0.15, 0.2) is 0 Å². The zero-order valence-corrected chi connectivity index (χ0v) is 14.6. The lowest BCUT2D eigenvalue weighted by Crippen LogP contribution is -2.48. The first-order chi connectivity index (χ1) is 11.0. The maximum atomic E-state index is 12.3. The molecule has 0 aliphatic rings. The summed E-state index contributed by atoms with van der Waals surface area (Å²) in [5, 5.41) is 11.6. The van der Waals surface area contributed by atoms with Crippen molar-refractivity contribution >= 4 is 18.1 Å². The number of Topliss-reactive ketones (excluding diaryl/α,β-unsaturated/α-hetero) is 1. The van der Waals surface area contributed by atoms with E-state index in [9.17, 15) is 14.4 Å². The van der Waals surface area contributed by atoms with Crippen LogP contribution in [0.1, 0.15) is 45.4 Å². The van der Waals surface area contributed by atoms with Gasteiger partial charge in [0.25, 0.3) is 0 Å². The van der Waals surface area contributed by atoms with E-state index in [2.05, 4.69) is 21.3 Å². The molecule has 7 heteroatoms. The van der Waals surface area contributed by atoms with Crippen LogP contribution >= 0.6 is 0 Å². The first kappa shape index (κ1) is 21.5. The van der Waals surface area contributed by atoms with E-state index in [0.29, 0.717) is 19.3 Å². The third kappa shape index (κ3) is 11.7. The van der Waals surface area contributed by atoms with Gasteiger partial charge in [0.1, 0.15) is 11.8 Å². The lowest BCUT2D eigenvalue weighted by molar-refractivity contribution is -0.126. The normalized spacial score (nSPS) is 13.2. The van der Waals surface area contributed by atoms with Crippen LogP contribution in [0, 0.1) is 0 Å². The summed E-state index contributed by atoms with van der Waals surface area (Å²) < 4.78 is 0. The minimum atomic E-state index is -0.539. The highest BCUT2D eigenvalue weighted by atomic mass is 16.2. The average molecular weight is 328 g/mol. The summed E-state index contributed by atoms with van der Waals surface area (Å²) in [5.41, 5.74) is 0. The van der Waals surface area contributed by atoms with Gasteiger partial charge < -0.3 is 21.3 Å². The topological polar surface area (TPSA) is 99.3 Å². The molecule has 0 saturated carbocycles. The van der Waals surface area contributed by atoms with Gasteiger partial charge >= 0.3 is 0 Å². The number of carbonyl (C=O) groups is 3. The van der Waals surface area contributed by atoms with Crippen molar-refractivity contribution in [2.45, 2.75) is 57.5 Å². The molecule has 4 N–H and O–H groups in total. The van der Waals surface area contributed by atoms with E-state index in [1.165, 1.54) is 6.92 Å². The van der Waals surface area contributed by atoms with Crippen molar-refractivity contribution in [3.05, 3.63) is 0 Å². The molecule has 0 aliphatic heterocycles. The minimum absolute atomic E-state index is 0.0497. The lowest BCUT2D eigenvalue weighted by Gasteiger charge is -2.22. The summed E-state index contributed by atoms with van der Waals surface area (Å²) in [6, 6.07) is -0.718. The summed E-state index contributed by atoms with van der Waals surface area (Å²) in [5.74, 6) is -0.161. The molecule has 23 heavy (non-hydrogen) atoms. The van der Waals surface area contributed by atoms with E-state index in [1.54, 1.807) is 0 Å². The highest BCUT2D eigenvalue weighted by Gasteiger charge is 2.21. The average Bonchev–Trinajstić information content (AvgIpc) is 2.49. The predicted molar refractivity (Wildman–Crippen MR) is 91.2 cm³/mol. The van der Waals surface area contributed by atoms with E-state index in [4.69, 9.17) is 0 Å². The Balaban J connectivity index is 4.47. The Kier molecular flexibility index (Phi) is 13.2. The number of carbonyl (C=O) groups excluding carboxylic acids is 3. The Morgan fingerprint density at radius 3 is 2.22 bits per heavy atom. The van der Waals surface area contributed by atoms with E-state index < -0.39 is 6.04 Å². The molecular weight excluding hydrogens is 296 g/mol. The molecule has 0 rings (SSSR count). The van der Waals surface area contributed by atoms with Crippen molar-refractivity contribution in [1.82, 2.24) is 21.3 Å². The molecular formula is C16H32N4O3.